The van der Waals surface area contributed by atoms with Gasteiger partial charge in [0.1, 0.15) is 0 Å². The van der Waals surface area contributed by atoms with Crippen molar-refractivity contribution in [1.82, 2.24) is 10.7 Å². The maximum Gasteiger partial charge on any atom is 0.180 e. The van der Waals surface area contributed by atoms with Gasteiger partial charge in [0.05, 0.1) is 0 Å². The molecule has 0 unspecified atom stereocenters. The molecule has 0 spiro atoms. The van der Waals surface area contributed by atoms with Crippen molar-refractivity contribution in [1.29, 1.82) is 0 Å². The van der Waals surface area contributed by atoms with Crippen molar-refractivity contribution in [3.8, 4) is 0 Å². The number of nitrogens with one attached hydrogen (secondary N) is 2. The average Bonchev–Trinajstić information content (AvgIpc) is 1.99. The third-order valence-corrected chi connectivity index (χ3v) is 1.70. The first-order valence-corrected chi connectivity index (χ1v) is 3.86. The maximum atomic E-state index is 5.05. The fourth-order valence-corrected chi connectivity index (χ4v) is 0.546. The minimum atomic E-state index is 0.514. The summed E-state index contributed by atoms with van der Waals surface area (Å²) >= 11 is 4.77. The first-order valence-electron chi connectivity index (χ1n) is 3.45. The summed E-state index contributed by atoms with van der Waals surface area (Å²) in [5.74, 6) is 5.69. The van der Waals surface area contributed by atoms with Crippen LogP contribution in [-0.2, 0) is 0 Å². The zero-order valence-corrected chi connectivity index (χ0v) is 7.29. The standard InChI is InChI=1S/C6H15N3S/c1-3-5(2)4-8-6(10)9-7/h5H,3-4,7H2,1-2H3,(H2,8,9,10)/t5-/m0/s1. The van der Waals surface area contributed by atoms with Gasteiger partial charge in [0, 0.05) is 6.54 Å². The van der Waals surface area contributed by atoms with Crippen molar-refractivity contribution < 1.29 is 0 Å². The van der Waals surface area contributed by atoms with E-state index < -0.39 is 0 Å². The number of rotatable bonds is 3. The van der Waals surface area contributed by atoms with E-state index in [-0.39, 0.29) is 0 Å². The van der Waals surface area contributed by atoms with Crippen molar-refractivity contribution in [3.63, 3.8) is 0 Å². The van der Waals surface area contributed by atoms with E-state index in [9.17, 15) is 0 Å². The van der Waals surface area contributed by atoms with E-state index in [2.05, 4.69) is 24.6 Å². The van der Waals surface area contributed by atoms with Crippen molar-refractivity contribution in [2.45, 2.75) is 20.3 Å². The zero-order valence-electron chi connectivity index (χ0n) is 6.48. The Balaban J connectivity index is 3.26. The Morgan fingerprint density at radius 1 is 1.70 bits per heavy atom. The molecule has 0 bridgehead atoms. The quantitative estimate of drug-likeness (QED) is 0.318. The van der Waals surface area contributed by atoms with Gasteiger partial charge in [0.15, 0.2) is 5.11 Å². The summed E-state index contributed by atoms with van der Waals surface area (Å²) in [6.45, 7) is 5.19. The predicted molar refractivity (Wildman–Crippen MR) is 47.4 cm³/mol. The number of hydrogen-bond acceptors (Lipinski definition) is 2. The highest BCUT2D eigenvalue weighted by Crippen LogP contribution is 1.96. The van der Waals surface area contributed by atoms with Gasteiger partial charge < -0.3 is 10.7 Å². The second-order valence-corrected chi connectivity index (χ2v) is 2.78. The van der Waals surface area contributed by atoms with Gasteiger partial charge in [-0.05, 0) is 18.1 Å². The highest BCUT2D eigenvalue weighted by Gasteiger charge is 1.97. The van der Waals surface area contributed by atoms with Crippen LogP contribution in [0.2, 0.25) is 0 Å². The molecule has 0 saturated carbocycles. The molecule has 4 N–H and O–H groups in total. The zero-order chi connectivity index (χ0) is 7.98. The molecule has 0 aliphatic heterocycles. The Hall–Kier alpha value is -0.350. The molecule has 3 nitrogen and oxygen atoms in total. The van der Waals surface area contributed by atoms with Crippen LogP contribution in [0.15, 0.2) is 0 Å². The summed E-state index contributed by atoms with van der Waals surface area (Å²) < 4.78 is 0. The van der Waals surface area contributed by atoms with Crippen molar-refractivity contribution >= 4 is 17.3 Å². The largest absolute Gasteiger partial charge is 0.361 e. The highest BCUT2D eigenvalue weighted by molar-refractivity contribution is 7.80. The van der Waals surface area contributed by atoms with E-state index in [1.807, 2.05) is 0 Å². The molecule has 0 rings (SSSR count). The molecule has 0 saturated heterocycles. The summed E-state index contributed by atoms with van der Waals surface area (Å²) in [6, 6.07) is 0. The molecule has 0 aromatic rings. The number of hydrazine groups is 1. The Morgan fingerprint density at radius 2 is 2.30 bits per heavy atom. The van der Waals surface area contributed by atoms with E-state index in [0.717, 1.165) is 13.0 Å². The molecule has 0 aliphatic rings. The Labute approximate surface area is 67.3 Å². The molecular weight excluding hydrogens is 146 g/mol. The smallest absolute Gasteiger partial charge is 0.180 e. The maximum absolute atomic E-state index is 5.05. The van der Waals surface area contributed by atoms with Crippen molar-refractivity contribution in [2.24, 2.45) is 11.8 Å². The minimum absolute atomic E-state index is 0.514. The van der Waals surface area contributed by atoms with Gasteiger partial charge in [-0.25, -0.2) is 5.84 Å². The first kappa shape index (κ1) is 9.65. The number of hydrogen-bond donors (Lipinski definition) is 3. The fourth-order valence-electron chi connectivity index (χ4n) is 0.462. The molecule has 0 aliphatic carbocycles. The number of thiocarbonyl (C=S) groups is 1. The van der Waals surface area contributed by atoms with Crippen molar-refractivity contribution in [2.75, 3.05) is 6.54 Å². The summed E-state index contributed by atoms with van der Waals surface area (Å²) in [5, 5.41) is 3.49. The Kier molecular flexibility index (Phi) is 5.25. The van der Waals surface area contributed by atoms with Crippen LogP contribution >= 0.6 is 12.2 Å². The van der Waals surface area contributed by atoms with E-state index in [1.165, 1.54) is 0 Å². The molecule has 1 atom stereocenters. The molecule has 0 fully saturated rings. The molecule has 0 amide bonds. The van der Waals surface area contributed by atoms with Crippen LogP contribution in [0.25, 0.3) is 0 Å². The van der Waals surface area contributed by atoms with Crippen LogP contribution in [0.1, 0.15) is 20.3 Å². The van der Waals surface area contributed by atoms with Crippen LogP contribution < -0.4 is 16.6 Å². The van der Waals surface area contributed by atoms with Gasteiger partial charge in [0.25, 0.3) is 0 Å². The summed E-state index contributed by atoms with van der Waals surface area (Å²) in [6.07, 6.45) is 1.15. The third-order valence-electron chi connectivity index (χ3n) is 1.44. The van der Waals surface area contributed by atoms with Crippen LogP contribution in [0.3, 0.4) is 0 Å². The van der Waals surface area contributed by atoms with Crippen molar-refractivity contribution in [3.05, 3.63) is 0 Å². The molecule has 60 valence electrons. The van der Waals surface area contributed by atoms with E-state index >= 15 is 0 Å². The van der Waals surface area contributed by atoms with Gasteiger partial charge in [0.2, 0.25) is 0 Å². The molecule has 10 heavy (non-hydrogen) atoms. The number of nitrogens with two attached hydrogens (primary N) is 1. The topological polar surface area (TPSA) is 50.1 Å². The molecule has 0 heterocycles. The van der Waals surface area contributed by atoms with Gasteiger partial charge in [-0.3, -0.25) is 0 Å². The SMILES string of the molecule is CC[C@H](C)CNC(=S)NN. The second kappa shape index (κ2) is 5.44. The van der Waals surface area contributed by atoms with Crippen LogP contribution in [0, 0.1) is 5.92 Å². The fraction of sp³-hybridized carbons (Fsp3) is 0.833. The predicted octanol–water partition coefficient (Wildman–Crippen LogP) is 0.370. The van der Waals surface area contributed by atoms with Crippen LogP contribution in [0.5, 0.6) is 0 Å². The van der Waals surface area contributed by atoms with E-state index in [1.54, 1.807) is 0 Å². The lowest BCUT2D eigenvalue weighted by Crippen LogP contribution is -2.41. The Bertz CT molecular complexity index is 105. The third kappa shape index (κ3) is 4.52. The monoisotopic (exact) mass is 161 g/mol. The van der Waals surface area contributed by atoms with Gasteiger partial charge in [-0.1, -0.05) is 20.3 Å². The lowest BCUT2D eigenvalue weighted by atomic mass is 10.1. The molecule has 4 heteroatoms. The van der Waals surface area contributed by atoms with Gasteiger partial charge >= 0.3 is 0 Å². The van der Waals surface area contributed by atoms with Gasteiger partial charge in [-0.2, -0.15) is 0 Å². The molecular formula is C6H15N3S. The lowest BCUT2D eigenvalue weighted by Gasteiger charge is -2.10. The van der Waals surface area contributed by atoms with E-state index in [0.29, 0.717) is 11.0 Å². The Morgan fingerprint density at radius 3 is 2.70 bits per heavy atom. The second-order valence-electron chi connectivity index (χ2n) is 2.37. The summed E-state index contributed by atoms with van der Waals surface area (Å²) in [5.41, 5.74) is 2.36. The van der Waals surface area contributed by atoms with Crippen LogP contribution in [0.4, 0.5) is 0 Å². The van der Waals surface area contributed by atoms with Crippen LogP contribution in [-0.4, -0.2) is 11.7 Å². The average molecular weight is 161 g/mol. The highest BCUT2D eigenvalue weighted by atomic mass is 32.1. The summed E-state index contributed by atoms with van der Waals surface area (Å²) in [7, 11) is 0. The van der Waals surface area contributed by atoms with E-state index in [4.69, 9.17) is 18.1 Å². The molecule has 0 aromatic heterocycles. The first-order chi connectivity index (χ1) is 4.70. The van der Waals surface area contributed by atoms with Gasteiger partial charge in [-0.15, -0.1) is 0 Å². The molecule has 0 aromatic carbocycles. The minimum Gasteiger partial charge on any atom is -0.361 e. The summed E-state index contributed by atoms with van der Waals surface area (Å²) in [4.78, 5) is 0. The molecule has 0 radical (unpaired) electrons. The lowest BCUT2D eigenvalue weighted by molar-refractivity contribution is 0.546. The normalized spacial score (nSPS) is 12.3.